The highest BCUT2D eigenvalue weighted by Gasteiger charge is 2.28. The Balaban J connectivity index is 1.92. The number of rotatable bonds is 4. The van der Waals surface area contributed by atoms with Crippen LogP contribution in [0.5, 0.6) is 0 Å². The van der Waals surface area contributed by atoms with Crippen LogP contribution in [0.4, 0.5) is 20.2 Å². The largest absolute Gasteiger partial charge is 0.365 e. The van der Waals surface area contributed by atoms with Gasteiger partial charge in [-0.25, -0.2) is 8.78 Å². The number of halogens is 2. The van der Waals surface area contributed by atoms with Crippen LogP contribution < -0.4 is 16.4 Å². The number of aromatic nitrogens is 1. The second kappa shape index (κ2) is 7.70. The maximum Gasteiger partial charge on any atom is 0.253 e. The molecule has 0 bridgehead atoms. The van der Waals surface area contributed by atoms with Gasteiger partial charge in [-0.15, -0.1) is 5.54 Å². The number of nitrogens with zero attached hydrogens (tertiary/aromatic N) is 1. The van der Waals surface area contributed by atoms with Crippen molar-refractivity contribution in [2.45, 2.75) is 25.6 Å². The molecule has 1 aliphatic rings. The zero-order valence-electron chi connectivity index (χ0n) is 16.0. The molecule has 1 saturated heterocycles. The van der Waals surface area contributed by atoms with Gasteiger partial charge in [-0.3, -0.25) is 9.78 Å². The van der Waals surface area contributed by atoms with E-state index in [4.69, 9.17) is 5.73 Å². The molecule has 1 aromatic heterocycles. The first-order valence-corrected chi connectivity index (χ1v) is 12.4. The van der Waals surface area contributed by atoms with E-state index in [0.29, 0.717) is 18.7 Å². The van der Waals surface area contributed by atoms with Gasteiger partial charge in [-0.2, -0.15) is 0 Å². The van der Waals surface area contributed by atoms with Crippen molar-refractivity contribution < 1.29 is 13.6 Å². The SMILES string of the molecule is C[Si](C)(C)C#Cc1ccc(Nc2cnc(C3CNC3)c(F)c2C(N)=O)c(F)c1. The maximum absolute atomic E-state index is 14.8. The van der Waals surface area contributed by atoms with Crippen molar-refractivity contribution in [1.82, 2.24) is 10.3 Å². The molecule has 4 N–H and O–H groups in total. The van der Waals surface area contributed by atoms with Gasteiger partial charge in [0.2, 0.25) is 0 Å². The van der Waals surface area contributed by atoms with Crippen LogP contribution in [0.15, 0.2) is 24.4 Å². The summed E-state index contributed by atoms with van der Waals surface area (Å²) >= 11 is 0. The second-order valence-corrected chi connectivity index (χ2v) is 12.5. The molecule has 2 heterocycles. The first kappa shape index (κ1) is 20.0. The molecule has 0 radical (unpaired) electrons. The van der Waals surface area contributed by atoms with Crippen molar-refractivity contribution in [3.63, 3.8) is 0 Å². The zero-order valence-corrected chi connectivity index (χ0v) is 17.0. The molecule has 0 spiro atoms. The first-order chi connectivity index (χ1) is 13.2. The summed E-state index contributed by atoms with van der Waals surface area (Å²) in [6.45, 7) is 7.47. The fraction of sp³-hybridized carbons (Fsp3) is 0.300. The van der Waals surface area contributed by atoms with Crippen LogP contribution in [0.2, 0.25) is 19.6 Å². The molecule has 0 atom stereocenters. The maximum atomic E-state index is 14.8. The Morgan fingerprint density at radius 2 is 2.00 bits per heavy atom. The number of carbonyl (C=O) groups excluding carboxylic acids is 1. The minimum atomic E-state index is -1.58. The van der Waals surface area contributed by atoms with E-state index in [1.807, 2.05) is 0 Å². The summed E-state index contributed by atoms with van der Waals surface area (Å²) in [5.74, 6) is 0.613. The fourth-order valence-electron chi connectivity index (χ4n) is 2.70. The molecule has 28 heavy (non-hydrogen) atoms. The number of amides is 1. The van der Waals surface area contributed by atoms with E-state index in [2.05, 4.69) is 46.7 Å². The summed E-state index contributed by atoms with van der Waals surface area (Å²) in [5.41, 5.74) is 9.07. The first-order valence-electron chi connectivity index (χ1n) is 8.94. The number of benzene rings is 1. The second-order valence-electron chi connectivity index (χ2n) is 7.79. The lowest BCUT2D eigenvalue weighted by atomic mass is 9.96. The smallest absolute Gasteiger partial charge is 0.253 e. The van der Waals surface area contributed by atoms with Crippen molar-refractivity contribution in [3.05, 3.63) is 52.9 Å². The number of anilines is 2. The summed E-state index contributed by atoms with van der Waals surface area (Å²) in [6, 6.07) is 4.47. The van der Waals surface area contributed by atoms with Gasteiger partial charge in [0.1, 0.15) is 19.5 Å². The highest BCUT2D eigenvalue weighted by atomic mass is 28.3. The zero-order chi connectivity index (χ0) is 20.5. The van der Waals surface area contributed by atoms with Gasteiger partial charge in [0, 0.05) is 24.6 Å². The summed E-state index contributed by atoms with van der Waals surface area (Å²) in [6.07, 6.45) is 1.31. The van der Waals surface area contributed by atoms with Crippen molar-refractivity contribution in [1.29, 1.82) is 0 Å². The van der Waals surface area contributed by atoms with Crippen LogP contribution in [0, 0.1) is 23.1 Å². The Hall–Kier alpha value is -2.76. The predicted molar refractivity (Wildman–Crippen MR) is 108 cm³/mol. The lowest BCUT2D eigenvalue weighted by Crippen LogP contribution is -2.41. The average Bonchev–Trinajstić information content (AvgIpc) is 2.55. The number of carbonyl (C=O) groups is 1. The summed E-state index contributed by atoms with van der Waals surface area (Å²) in [4.78, 5) is 15.9. The van der Waals surface area contributed by atoms with Gasteiger partial charge < -0.3 is 16.4 Å². The topological polar surface area (TPSA) is 80.0 Å². The van der Waals surface area contributed by atoms with E-state index < -0.39 is 25.6 Å². The van der Waals surface area contributed by atoms with Gasteiger partial charge in [0.05, 0.1) is 23.3 Å². The number of hydrogen-bond donors (Lipinski definition) is 3. The number of hydrogen-bond acceptors (Lipinski definition) is 4. The molecular weight excluding hydrogens is 378 g/mol. The van der Waals surface area contributed by atoms with E-state index in [0.717, 1.165) is 0 Å². The minimum absolute atomic E-state index is 0.0286. The summed E-state index contributed by atoms with van der Waals surface area (Å²) in [7, 11) is -1.58. The number of nitrogens with two attached hydrogens (primary N) is 1. The molecule has 146 valence electrons. The van der Waals surface area contributed by atoms with Gasteiger partial charge in [0.25, 0.3) is 5.91 Å². The molecule has 1 aromatic carbocycles. The molecule has 0 saturated carbocycles. The van der Waals surface area contributed by atoms with Crippen LogP contribution >= 0.6 is 0 Å². The minimum Gasteiger partial charge on any atom is -0.365 e. The molecule has 0 unspecified atom stereocenters. The molecule has 1 amide bonds. The van der Waals surface area contributed by atoms with E-state index in [-0.39, 0.29) is 28.6 Å². The molecule has 5 nitrogen and oxygen atoms in total. The molecule has 8 heteroatoms. The molecule has 0 aliphatic carbocycles. The third-order valence-corrected chi connectivity index (χ3v) is 5.16. The van der Waals surface area contributed by atoms with E-state index in [1.165, 1.54) is 18.3 Å². The Labute approximate surface area is 163 Å². The number of pyridine rings is 1. The molecule has 2 aromatic rings. The van der Waals surface area contributed by atoms with Crippen LogP contribution in [-0.2, 0) is 0 Å². The van der Waals surface area contributed by atoms with Crippen molar-refractivity contribution >= 4 is 25.4 Å². The molecule has 1 aliphatic heterocycles. The van der Waals surface area contributed by atoms with Crippen molar-refractivity contribution in [2.75, 3.05) is 18.4 Å². The molecule has 3 rings (SSSR count). The molecular formula is C20H22F2N4OSi. The fourth-order valence-corrected chi connectivity index (χ4v) is 3.22. The van der Waals surface area contributed by atoms with Gasteiger partial charge >= 0.3 is 0 Å². The lowest BCUT2D eigenvalue weighted by Gasteiger charge is -2.27. The lowest BCUT2D eigenvalue weighted by molar-refractivity contribution is 0.0996. The van der Waals surface area contributed by atoms with Gasteiger partial charge in [0.15, 0.2) is 5.82 Å². The average molecular weight is 401 g/mol. The Morgan fingerprint density at radius 3 is 2.54 bits per heavy atom. The van der Waals surface area contributed by atoms with E-state index >= 15 is 0 Å². The standard InChI is InChI=1S/C20H22F2N4OSi/c1-28(2,3)7-6-12-4-5-15(14(21)8-12)26-16-11-25-19(13-9-24-10-13)18(22)17(16)20(23)27/h4-5,8,11,13,24,26H,9-10H2,1-3H3,(H2,23,27). The normalized spacial score (nSPS) is 14.0. The van der Waals surface area contributed by atoms with Crippen LogP contribution in [-0.4, -0.2) is 32.1 Å². The summed E-state index contributed by atoms with van der Waals surface area (Å²) in [5, 5.41) is 5.76. The number of primary amides is 1. The summed E-state index contributed by atoms with van der Waals surface area (Å²) < 4.78 is 29.3. The van der Waals surface area contributed by atoms with Crippen LogP contribution in [0.1, 0.15) is 27.5 Å². The third-order valence-electron chi connectivity index (χ3n) is 4.28. The van der Waals surface area contributed by atoms with Gasteiger partial charge in [-0.05, 0) is 18.2 Å². The van der Waals surface area contributed by atoms with Crippen LogP contribution in [0.25, 0.3) is 0 Å². The Bertz CT molecular complexity index is 988. The predicted octanol–water partition coefficient (Wildman–Crippen LogP) is 3.12. The van der Waals surface area contributed by atoms with E-state index in [9.17, 15) is 13.6 Å². The number of nitrogens with one attached hydrogen (secondary N) is 2. The van der Waals surface area contributed by atoms with Gasteiger partial charge in [-0.1, -0.05) is 25.6 Å². The quantitative estimate of drug-likeness (QED) is 0.544. The Morgan fingerprint density at radius 1 is 1.29 bits per heavy atom. The molecule has 1 fully saturated rings. The van der Waals surface area contributed by atoms with Crippen LogP contribution in [0.3, 0.4) is 0 Å². The third kappa shape index (κ3) is 4.38. The monoisotopic (exact) mass is 400 g/mol. The highest BCUT2D eigenvalue weighted by Crippen LogP contribution is 2.29. The highest BCUT2D eigenvalue weighted by molar-refractivity contribution is 6.83. The van der Waals surface area contributed by atoms with Crippen molar-refractivity contribution in [3.8, 4) is 11.5 Å². The van der Waals surface area contributed by atoms with Crippen molar-refractivity contribution in [2.24, 2.45) is 5.73 Å². The Kier molecular flexibility index (Phi) is 5.49. The van der Waals surface area contributed by atoms with E-state index in [1.54, 1.807) is 6.07 Å².